The topological polar surface area (TPSA) is 455 Å². The number of benzene rings is 1. The van der Waals surface area contributed by atoms with E-state index in [2.05, 4.69) is 26.6 Å². The van der Waals surface area contributed by atoms with Crippen LogP contribution in [-0.4, -0.2) is 208 Å². The summed E-state index contributed by atoms with van der Waals surface area (Å²) in [6.07, 6.45) is 22.2. The molecule has 0 spiro atoms. The Morgan fingerprint density at radius 2 is 0.523 bits per heavy atom. The Hall–Kier alpha value is -11.0. The molecule has 1 aromatic rings. The number of nitrogens with one attached hydrogen (secondary N) is 5. The predicted octanol–water partition coefficient (Wildman–Crippen LogP) is 15.2. The van der Waals surface area contributed by atoms with Crippen molar-refractivity contribution in [2.45, 2.75) is 341 Å². The molecule has 5 N–H and O–H groups in total. The summed E-state index contributed by atoms with van der Waals surface area (Å²) in [7, 11) is 0. The highest BCUT2D eigenvalue weighted by Crippen LogP contribution is 2.25. The maximum atomic E-state index is 12.0. The fourth-order valence-corrected chi connectivity index (χ4v) is 11.3. The zero-order chi connectivity index (χ0) is 98.4. The summed E-state index contributed by atoms with van der Waals surface area (Å²) in [5, 5.41) is 13.6. The van der Waals surface area contributed by atoms with Crippen LogP contribution < -0.4 is 26.6 Å². The van der Waals surface area contributed by atoms with E-state index < -0.39 is 108 Å². The van der Waals surface area contributed by atoms with E-state index >= 15 is 0 Å². The molecular formula is C95H151N5O30. The molecule has 4 rings (SSSR count). The van der Waals surface area contributed by atoms with E-state index in [0.717, 1.165) is 131 Å². The molecule has 0 aromatic heterocycles. The third-order valence-corrected chi connectivity index (χ3v) is 18.5. The van der Waals surface area contributed by atoms with Gasteiger partial charge in [-0.2, -0.15) is 0 Å². The molecule has 35 heteroatoms. The zero-order valence-electron chi connectivity index (χ0n) is 80.9. The number of carbonyl (C=O) groups excluding carboxylic acids is 15. The fourth-order valence-electron chi connectivity index (χ4n) is 11.3. The van der Waals surface area contributed by atoms with E-state index in [9.17, 15) is 71.9 Å². The van der Waals surface area contributed by atoms with Crippen LogP contribution in [0.25, 0.3) is 0 Å². The van der Waals surface area contributed by atoms with Crippen LogP contribution in [0.3, 0.4) is 0 Å². The quantitative estimate of drug-likeness (QED) is 0.0231. The van der Waals surface area contributed by atoms with E-state index in [-0.39, 0.29) is 130 Å². The number of amides is 5. The van der Waals surface area contributed by atoms with Crippen molar-refractivity contribution in [1.82, 2.24) is 26.6 Å². The summed E-state index contributed by atoms with van der Waals surface area (Å²) in [5.41, 5.74) is 0.264. The zero-order valence-corrected chi connectivity index (χ0v) is 80.9. The standard InChI is InChI=1S/C20H33NO6.C20H27NO6.2C19H31NO6.C17H29NO6/c2*1-14(2)17(13-25-18(22)10-11-19(23)27-15(3)4)21-20(24)26-12-16-8-6-5-7-9-16;2*1-13(2)16(20-19(23)26-15-8-6-5-7-9-15)12-24-17(21)10-11-18(22)25-14(3)4;1-11(2)13(18-16(21)24-17(5,6)7)10-22-14(19)8-9-15(20)23-12(3)4/h10-11,14-17H,5-9,12-13H2,1-4H3,(H,21,24);5-11,14-15,17H,12-13H2,1-4H3,(H,21,24);2*10-11,13-16H,5-9,12H2,1-4H3,(H,20,23);8-9,11-13H,10H2,1-7H3,(H,18,21). The molecule has 3 fully saturated rings. The van der Waals surface area contributed by atoms with Crippen molar-refractivity contribution >= 4 is 90.2 Å². The second kappa shape index (κ2) is 68.1. The lowest BCUT2D eigenvalue weighted by Crippen LogP contribution is -2.44. The van der Waals surface area contributed by atoms with Gasteiger partial charge in [0.15, 0.2) is 0 Å². The summed E-state index contributed by atoms with van der Waals surface area (Å²) in [6, 6.07) is 7.37. The van der Waals surface area contributed by atoms with Gasteiger partial charge in [0.2, 0.25) is 0 Å². The van der Waals surface area contributed by atoms with E-state index in [1.807, 2.05) is 99.6 Å². The number of ether oxygens (including phenoxy) is 15. The van der Waals surface area contributed by atoms with E-state index in [4.69, 9.17) is 71.1 Å². The largest absolute Gasteiger partial charge is 0.460 e. The monoisotopic (exact) mass is 1840 g/mol. The van der Waals surface area contributed by atoms with Crippen LogP contribution >= 0.6 is 0 Å². The Morgan fingerprint density at radius 3 is 0.769 bits per heavy atom. The van der Waals surface area contributed by atoms with Gasteiger partial charge in [-0.15, -0.1) is 0 Å². The van der Waals surface area contributed by atoms with Gasteiger partial charge in [-0.05, 0) is 195 Å². The minimum Gasteiger partial charge on any atom is -0.460 e. The number of hydrogen-bond donors (Lipinski definition) is 5. The molecule has 0 aliphatic heterocycles. The first-order chi connectivity index (χ1) is 61.0. The first kappa shape index (κ1) is 119. The van der Waals surface area contributed by atoms with Crippen LogP contribution in [0.15, 0.2) is 91.1 Å². The van der Waals surface area contributed by atoms with Crippen molar-refractivity contribution in [3.8, 4) is 0 Å². The number of alkyl carbamates (subject to hydrolysis) is 5. The first-order valence-electron chi connectivity index (χ1n) is 45.1. The fraction of sp³-hybridized carbons (Fsp3) is 0.674. The molecule has 0 bridgehead atoms. The Labute approximate surface area is 768 Å². The second-order valence-electron chi connectivity index (χ2n) is 35.2. The third-order valence-electron chi connectivity index (χ3n) is 18.5. The molecule has 5 atom stereocenters. The van der Waals surface area contributed by atoms with Crippen LogP contribution in [0, 0.1) is 35.5 Å². The molecular weight excluding hydrogens is 1690 g/mol. The van der Waals surface area contributed by atoms with Crippen molar-refractivity contribution in [3.05, 3.63) is 96.7 Å². The number of carbonyl (C=O) groups is 15. The molecule has 5 amide bonds. The molecule has 130 heavy (non-hydrogen) atoms. The smallest absolute Gasteiger partial charge is 0.407 e. The molecule has 0 heterocycles. The van der Waals surface area contributed by atoms with Gasteiger partial charge < -0.3 is 97.6 Å². The van der Waals surface area contributed by atoms with Gasteiger partial charge >= 0.3 is 90.2 Å². The second-order valence-corrected chi connectivity index (χ2v) is 35.2. The molecule has 1 aromatic carbocycles. The minimum atomic E-state index is -0.694. The maximum absolute atomic E-state index is 12.0. The molecule has 0 radical (unpaired) electrons. The van der Waals surface area contributed by atoms with Gasteiger partial charge in [-0.1, -0.05) is 132 Å². The van der Waals surface area contributed by atoms with E-state index in [0.29, 0.717) is 12.5 Å². The van der Waals surface area contributed by atoms with Gasteiger partial charge in [0.05, 0.1) is 67.3 Å². The summed E-state index contributed by atoms with van der Waals surface area (Å²) in [6.45, 7) is 41.9. The van der Waals surface area contributed by atoms with E-state index in [1.54, 1.807) is 90.0 Å². The van der Waals surface area contributed by atoms with Gasteiger partial charge in [0, 0.05) is 60.8 Å². The molecule has 35 nitrogen and oxygen atoms in total. The number of rotatable bonds is 41. The normalized spacial score (nSPS) is 14.9. The van der Waals surface area contributed by atoms with Gasteiger partial charge in [-0.3, -0.25) is 0 Å². The number of hydrogen-bond acceptors (Lipinski definition) is 30. The summed E-state index contributed by atoms with van der Waals surface area (Å²) in [5.74, 6) is -5.80. The lowest BCUT2D eigenvalue weighted by Gasteiger charge is -2.25. The van der Waals surface area contributed by atoms with Crippen molar-refractivity contribution < 1.29 is 143 Å². The third kappa shape index (κ3) is 66.4. The Morgan fingerprint density at radius 1 is 0.292 bits per heavy atom. The molecule has 3 aliphatic rings. The molecule has 3 saturated carbocycles. The summed E-state index contributed by atoms with van der Waals surface area (Å²) < 4.78 is 76.4. The average Bonchev–Trinajstić information content (AvgIpc) is 0.878. The highest BCUT2D eigenvalue weighted by Gasteiger charge is 2.29. The molecule has 736 valence electrons. The Bertz CT molecular complexity index is 3600. The molecule has 3 aliphatic carbocycles. The van der Waals surface area contributed by atoms with Crippen LogP contribution in [0.5, 0.6) is 0 Å². The van der Waals surface area contributed by atoms with Crippen LogP contribution in [0.1, 0.15) is 261 Å². The molecule has 5 unspecified atom stereocenters. The van der Waals surface area contributed by atoms with Crippen molar-refractivity contribution in [1.29, 1.82) is 0 Å². The van der Waals surface area contributed by atoms with Crippen molar-refractivity contribution in [3.63, 3.8) is 0 Å². The SMILES string of the molecule is CC(C)OC(=O)C=CC(=O)OCC(NC(=O)OC(C)(C)C)C(C)C.CC(C)OC(=O)C=CC(=O)OCC(NC(=O)OC1CCCCC1)C(C)C.CC(C)OC(=O)C=CC(=O)OCC(NC(=O)OC1CCCCC1)C(C)C.CC(C)OC(=O)C=CC(=O)OCC(NC(=O)OCC1CCCCC1)C(C)C.CC(C)OC(=O)C=CC(=O)OCC(NC(=O)OCc1ccccc1)C(C)C. The van der Waals surface area contributed by atoms with Gasteiger partial charge in [0.25, 0.3) is 0 Å². The summed E-state index contributed by atoms with van der Waals surface area (Å²) in [4.78, 5) is 175. The van der Waals surface area contributed by atoms with Gasteiger partial charge in [0.1, 0.15) is 57.5 Å². The van der Waals surface area contributed by atoms with Gasteiger partial charge in [-0.25, -0.2) is 71.9 Å². The molecule has 0 saturated heterocycles. The van der Waals surface area contributed by atoms with Crippen molar-refractivity contribution in [2.24, 2.45) is 35.5 Å². The lowest BCUT2D eigenvalue weighted by atomic mass is 9.90. The summed E-state index contributed by atoms with van der Waals surface area (Å²) >= 11 is 0. The first-order valence-corrected chi connectivity index (χ1v) is 45.1. The van der Waals surface area contributed by atoms with Crippen molar-refractivity contribution in [2.75, 3.05) is 39.6 Å². The average molecular weight is 1840 g/mol. The van der Waals surface area contributed by atoms with Crippen LogP contribution in [0.4, 0.5) is 24.0 Å². The van der Waals surface area contributed by atoms with Crippen LogP contribution in [-0.2, 0) is 126 Å². The van der Waals surface area contributed by atoms with E-state index in [1.165, 1.54) is 32.1 Å². The highest BCUT2D eigenvalue weighted by molar-refractivity contribution is 5.94. The maximum Gasteiger partial charge on any atom is 0.407 e. The Balaban J connectivity index is 0.00000160. The Kier molecular flexibility index (Phi) is 62.3. The number of esters is 10. The predicted molar refractivity (Wildman–Crippen MR) is 483 cm³/mol. The minimum absolute atomic E-state index is 0.000164. The highest BCUT2D eigenvalue weighted by atomic mass is 16.6. The lowest BCUT2D eigenvalue weighted by molar-refractivity contribution is -0.143. The van der Waals surface area contributed by atoms with Crippen LogP contribution in [0.2, 0.25) is 0 Å².